The van der Waals surface area contributed by atoms with Gasteiger partial charge in [-0.1, -0.05) is 34.6 Å². The number of nitrogens with one attached hydrogen (secondary N) is 2. The van der Waals surface area contributed by atoms with Crippen LogP contribution in [0.1, 0.15) is 46.8 Å². The first-order valence-electron chi connectivity index (χ1n) is 7.10. The Labute approximate surface area is 122 Å². The Morgan fingerprint density at radius 3 is 2.35 bits per heavy atom. The Hall–Kier alpha value is -0.850. The molecule has 1 rings (SSSR count). The second-order valence-electron chi connectivity index (χ2n) is 5.64. The van der Waals surface area contributed by atoms with Crippen LogP contribution in [0.4, 0.5) is 0 Å². The number of sulfonamides is 1. The van der Waals surface area contributed by atoms with E-state index in [9.17, 15) is 8.42 Å². The zero-order chi connectivity index (χ0) is 15.3. The molecule has 116 valence electrons. The van der Waals surface area contributed by atoms with Gasteiger partial charge in [-0.25, -0.2) is 13.1 Å². The quantitative estimate of drug-likeness (QED) is 0.774. The molecule has 1 aromatic heterocycles. The van der Waals surface area contributed by atoms with Gasteiger partial charge in [-0.15, -0.1) is 0 Å². The van der Waals surface area contributed by atoms with Gasteiger partial charge in [0.25, 0.3) is 10.0 Å². The maximum atomic E-state index is 12.2. The third-order valence-corrected chi connectivity index (χ3v) is 4.50. The van der Waals surface area contributed by atoms with Gasteiger partial charge in [-0.05, 0) is 24.5 Å². The molecule has 5 nitrogen and oxygen atoms in total. The fourth-order valence-corrected chi connectivity index (χ4v) is 3.27. The molecule has 0 aliphatic rings. The highest BCUT2D eigenvalue weighted by Crippen LogP contribution is 2.16. The van der Waals surface area contributed by atoms with Crippen LogP contribution in [0.3, 0.4) is 0 Å². The van der Waals surface area contributed by atoms with Crippen LogP contribution < -0.4 is 10.0 Å². The molecule has 20 heavy (non-hydrogen) atoms. The maximum absolute atomic E-state index is 12.2. The summed E-state index contributed by atoms with van der Waals surface area (Å²) < 4.78 is 32.6. The van der Waals surface area contributed by atoms with Crippen LogP contribution in [0.2, 0.25) is 0 Å². The number of rotatable bonds is 8. The van der Waals surface area contributed by atoms with Crippen LogP contribution in [0.25, 0.3) is 0 Å². The van der Waals surface area contributed by atoms with E-state index in [0.29, 0.717) is 18.3 Å². The van der Waals surface area contributed by atoms with E-state index in [4.69, 9.17) is 4.42 Å². The maximum Gasteiger partial charge on any atom is 0.274 e. The second kappa shape index (κ2) is 7.24. The van der Waals surface area contributed by atoms with E-state index in [1.54, 1.807) is 6.07 Å². The Kier molecular flexibility index (Phi) is 6.23. The second-order valence-corrected chi connectivity index (χ2v) is 7.28. The van der Waals surface area contributed by atoms with Crippen molar-refractivity contribution in [2.75, 3.05) is 0 Å². The van der Waals surface area contributed by atoms with Gasteiger partial charge < -0.3 is 9.73 Å². The number of furan rings is 1. The molecule has 0 aliphatic carbocycles. The molecule has 2 N–H and O–H groups in total. The summed E-state index contributed by atoms with van der Waals surface area (Å²) in [6.07, 6.45) is 0.749. The van der Waals surface area contributed by atoms with Crippen molar-refractivity contribution in [3.8, 4) is 0 Å². The van der Waals surface area contributed by atoms with E-state index in [0.717, 1.165) is 6.42 Å². The Balaban J connectivity index is 2.77. The third kappa shape index (κ3) is 4.92. The first kappa shape index (κ1) is 17.2. The summed E-state index contributed by atoms with van der Waals surface area (Å²) >= 11 is 0. The van der Waals surface area contributed by atoms with Gasteiger partial charge >= 0.3 is 0 Å². The highest BCUT2D eigenvalue weighted by Gasteiger charge is 2.24. The standard InChI is InChI=1S/C14H26N2O3S/c1-6-13(10(2)3)16-20(17,18)14-8-7-12(19-14)9-15-11(4)5/h7-8,10-11,13,15-16H,6,9H2,1-5H3. The van der Waals surface area contributed by atoms with Crippen molar-refractivity contribution >= 4 is 10.0 Å². The van der Waals surface area contributed by atoms with E-state index in [1.165, 1.54) is 6.07 Å². The SMILES string of the molecule is CCC(NS(=O)(=O)c1ccc(CNC(C)C)o1)C(C)C. The van der Waals surface area contributed by atoms with Gasteiger partial charge in [0.05, 0.1) is 6.54 Å². The summed E-state index contributed by atoms with van der Waals surface area (Å²) in [5.41, 5.74) is 0. The molecule has 0 saturated carbocycles. The molecule has 1 aromatic rings. The van der Waals surface area contributed by atoms with Crippen molar-refractivity contribution in [3.63, 3.8) is 0 Å². The van der Waals surface area contributed by atoms with Crippen LogP contribution in [0, 0.1) is 5.92 Å². The van der Waals surface area contributed by atoms with Crippen molar-refractivity contribution in [1.82, 2.24) is 10.0 Å². The van der Waals surface area contributed by atoms with E-state index in [2.05, 4.69) is 10.0 Å². The molecular weight excluding hydrogens is 276 g/mol. The summed E-state index contributed by atoms with van der Waals surface area (Å²) in [4.78, 5) is 0. The predicted octanol–water partition coefficient (Wildman–Crippen LogP) is 2.49. The van der Waals surface area contributed by atoms with Crippen LogP contribution in [0.5, 0.6) is 0 Å². The summed E-state index contributed by atoms with van der Waals surface area (Å²) in [7, 11) is -3.58. The molecule has 0 aromatic carbocycles. The largest absolute Gasteiger partial charge is 0.447 e. The lowest BCUT2D eigenvalue weighted by Gasteiger charge is -2.19. The normalized spacial score (nSPS) is 14.2. The topological polar surface area (TPSA) is 71.3 Å². The third-order valence-electron chi connectivity index (χ3n) is 3.14. The van der Waals surface area contributed by atoms with Crippen molar-refractivity contribution in [1.29, 1.82) is 0 Å². The van der Waals surface area contributed by atoms with Crippen LogP contribution in [-0.2, 0) is 16.6 Å². The van der Waals surface area contributed by atoms with E-state index >= 15 is 0 Å². The Morgan fingerprint density at radius 1 is 1.20 bits per heavy atom. The summed E-state index contributed by atoms with van der Waals surface area (Å²) in [5.74, 6) is 0.864. The zero-order valence-corrected chi connectivity index (χ0v) is 13.8. The summed E-state index contributed by atoms with van der Waals surface area (Å²) in [5, 5.41) is 3.17. The van der Waals surface area contributed by atoms with Crippen LogP contribution in [0.15, 0.2) is 21.6 Å². The molecule has 1 unspecified atom stereocenters. The molecule has 1 atom stereocenters. The van der Waals surface area contributed by atoms with Crippen LogP contribution >= 0.6 is 0 Å². The minimum Gasteiger partial charge on any atom is -0.447 e. The lowest BCUT2D eigenvalue weighted by atomic mass is 10.0. The first-order valence-corrected chi connectivity index (χ1v) is 8.59. The molecule has 0 radical (unpaired) electrons. The van der Waals surface area contributed by atoms with E-state index in [1.807, 2.05) is 34.6 Å². The molecule has 6 heteroatoms. The molecule has 0 amide bonds. The Morgan fingerprint density at radius 2 is 1.85 bits per heavy atom. The summed E-state index contributed by atoms with van der Waals surface area (Å²) in [6, 6.07) is 3.44. The minimum atomic E-state index is -3.58. The highest BCUT2D eigenvalue weighted by molar-refractivity contribution is 7.89. The van der Waals surface area contributed by atoms with Crippen molar-refractivity contribution in [2.45, 2.75) is 64.8 Å². The van der Waals surface area contributed by atoms with Gasteiger partial charge in [0.2, 0.25) is 5.09 Å². The van der Waals surface area contributed by atoms with Crippen LogP contribution in [-0.4, -0.2) is 20.5 Å². The molecule has 0 bridgehead atoms. The van der Waals surface area contributed by atoms with Gasteiger partial charge in [0.15, 0.2) is 0 Å². The lowest BCUT2D eigenvalue weighted by Crippen LogP contribution is -2.37. The van der Waals surface area contributed by atoms with Crippen molar-refractivity contribution in [3.05, 3.63) is 17.9 Å². The number of hydrogen-bond acceptors (Lipinski definition) is 4. The molecule has 0 aliphatic heterocycles. The predicted molar refractivity (Wildman–Crippen MR) is 79.9 cm³/mol. The highest BCUT2D eigenvalue weighted by atomic mass is 32.2. The van der Waals surface area contributed by atoms with Crippen molar-refractivity contribution in [2.24, 2.45) is 5.92 Å². The van der Waals surface area contributed by atoms with Gasteiger partial charge in [0.1, 0.15) is 5.76 Å². The van der Waals surface area contributed by atoms with E-state index < -0.39 is 10.0 Å². The average Bonchev–Trinajstić information content (AvgIpc) is 2.82. The molecule has 1 heterocycles. The first-order chi connectivity index (χ1) is 9.26. The molecule has 0 spiro atoms. The van der Waals surface area contributed by atoms with E-state index in [-0.39, 0.29) is 17.1 Å². The van der Waals surface area contributed by atoms with Gasteiger partial charge in [-0.2, -0.15) is 0 Å². The summed E-state index contributed by atoms with van der Waals surface area (Å²) in [6.45, 7) is 10.5. The fraction of sp³-hybridized carbons (Fsp3) is 0.714. The molecular formula is C14H26N2O3S. The van der Waals surface area contributed by atoms with Gasteiger partial charge in [0, 0.05) is 12.1 Å². The Bertz CT molecular complexity index is 506. The van der Waals surface area contributed by atoms with Gasteiger partial charge in [-0.3, -0.25) is 0 Å². The fourth-order valence-electron chi connectivity index (χ4n) is 1.85. The minimum absolute atomic E-state index is 0.0165. The monoisotopic (exact) mass is 302 g/mol. The van der Waals surface area contributed by atoms with Crippen molar-refractivity contribution < 1.29 is 12.8 Å². The number of hydrogen-bond donors (Lipinski definition) is 2. The lowest BCUT2D eigenvalue weighted by molar-refractivity contribution is 0.383. The molecule has 0 fully saturated rings. The average molecular weight is 302 g/mol. The zero-order valence-electron chi connectivity index (χ0n) is 12.9. The smallest absolute Gasteiger partial charge is 0.274 e. The molecule has 0 saturated heterocycles.